The lowest BCUT2D eigenvalue weighted by atomic mass is 10.1. The Morgan fingerprint density at radius 3 is 2.42 bits per heavy atom. The third-order valence-corrected chi connectivity index (χ3v) is 6.78. The molecule has 4 rings (SSSR count). The minimum absolute atomic E-state index is 0.138. The average Bonchev–Trinajstić information content (AvgIpc) is 2.93. The summed E-state index contributed by atoms with van der Waals surface area (Å²) in [5.74, 6) is 0. The van der Waals surface area contributed by atoms with Gasteiger partial charge in [0.2, 0.25) is 0 Å². The number of carbonyl (C=O) groups excluding carboxylic acids is 1. The van der Waals surface area contributed by atoms with Gasteiger partial charge in [0.15, 0.2) is 0 Å². The van der Waals surface area contributed by atoms with Crippen molar-refractivity contribution in [3.63, 3.8) is 0 Å². The molecule has 0 aliphatic carbocycles. The minimum Gasteiger partial charge on any atom is -0.411 e. The molecule has 2 amide bonds. The maximum Gasteiger partial charge on any atom is 0.331 e. The minimum atomic E-state index is -0.502. The van der Waals surface area contributed by atoms with E-state index in [-0.39, 0.29) is 18.8 Å². The number of hydrogen-bond donors (Lipinski definition) is 3. The Bertz CT molecular complexity index is 1440. The van der Waals surface area contributed by atoms with Crippen LogP contribution in [0.15, 0.2) is 57.2 Å². The molecule has 202 valence electrons. The predicted octanol–water partition coefficient (Wildman–Crippen LogP) is 3.14. The van der Waals surface area contributed by atoms with Crippen molar-refractivity contribution in [2.45, 2.75) is 39.3 Å². The van der Waals surface area contributed by atoms with E-state index in [9.17, 15) is 14.4 Å². The van der Waals surface area contributed by atoms with Crippen LogP contribution in [0.4, 0.5) is 16.2 Å². The number of carbonyl (C=O) groups is 1. The molecule has 0 atom stereocenters. The monoisotopic (exact) mass is 522 g/mol. The van der Waals surface area contributed by atoms with Crippen molar-refractivity contribution in [1.29, 1.82) is 0 Å². The van der Waals surface area contributed by atoms with Crippen LogP contribution in [0.1, 0.15) is 31.7 Å². The quantitative estimate of drug-likeness (QED) is 0.225. The molecule has 0 spiro atoms. The number of urea groups is 1. The molecule has 1 aliphatic rings. The van der Waals surface area contributed by atoms with Gasteiger partial charge >= 0.3 is 11.7 Å². The van der Waals surface area contributed by atoms with E-state index in [1.54, 1.807) is 54.0 Å². The van der Waals surface area contributed by atoms with E-state index in [0.717, 1.165) is 32.5 Å². The van der Waals surface area contributed by atoms with Gasteiger partial charge in [0, 0.05) is 37.1 Å². The highest BCUT2D eigenvalue weighted by molar-refractivity contribution is 6.03. The van der Waals surface area contributed by atoms with Crippen molar-refractivity contribution in [2.24, 2.45) is 5.16 Å². The fourth-order valence-electron chi connectivity index (χ4n) is 4.69. The van der Waals surface area contributed by atoms with Crippen LogP contribution in [0.2, 0.25) is 0 Å². The number of anilines is 2. The van der Waals surface area contributed by atoms with Gasteiger partial charge < -0.3 is 25.5 Å². The number of aromatic nitrogens is 2. The zero-order valence-electron chi connectivity index (χ0n) is 21.8. The first-order valence-corrected chi connectivity index (χ1v) is 12.8. The van der Waals surface area contributed by atoms with Crippen LogP contribution in [0.25, 0.3) is 10.9 Å². The summed E-state index contributed by atoms with van der Waals surface area (Å²) in [7, 11) is 1.52. The van der Waals surface area contributed by atoms with E-state index in [0.29, 0.717) is 40.1 Å². The predicted molar refractivity (Wildman–Crippen MR) is 148 cm³/mol. The number of rotatable bonds is 9. The standard InChI is InChI=1S/C27H34N6O5/c1-19(30-37)20-7-6-8-21(17-20)28-26(35)29-22-9-10-24-23(18-22)25(34)33(15-16-38-2)27(36)32(24)14-13-31-11-4-3-5-12-31/h6-10,17-18,37H,3-5,11-16H2,1-2H3,(H2,28,29,35). The van der Waals surface area contributed by atoms with Gasteiger partial charge in [-0.2, -0.15) is 0 Å². The highest BCUT2D eigenvalue weighted by atomic mass is 16.5. The van der Waals surface area contributed by atoms with Gasteiger partial charge in [-0.25, -0.2) is 9.59 Å². The van der Waals surface area contributed by atoms with Gasteiger partial charge in [0.05, 0.1) is 29.8 Å². The number of hydrogen-bond acceptors (Lipinski definition) is 7. The smallest absolute Gasteiger partial charge is 0.331 e. The summed E-state index contributed by atoms with van der Waals surface area (Å²) in [5, 5.41) is 18.0. The summed E-state index contributed by atoms with van der Waals surface area (Å²) in [6.07, 6.45) is 3.53. The molecular formula is C27H34N6O5. The van der Waals surface area contributed by atoms with Gasteiger partial charge in [0.1, 0.15) is 0 Å². The van der Waals surface area contributed by atoms with E-state index >= 15 is 0 Å². The Labute approximate surface area is 220 Å². The summed E-state index contributed by atoms with van der Waals surface area (Å²) >= 11 is 0. The third kappa shape index (κ3) is 6.29. The molecule has 38 heavy (non-hydrogen) atoms. The molecule has 2 heterocycles. The Kier molecular flexibility index (Phi) is 8.93. The second-order valence-corrected chi connectivity index (χ2v) is 9.36. The molecule has 0 saturated carbocycles. The number of benzene rings is 2. The first-order valence-electron chi connectivity index (χ1n) is 12.8. The summed E-state index contributed by atoms with van der Waals surface area (Å²) in [6.45, 7) is 5.22. The topological polar surface area (TPSA) is 130 Å². The van der Waals surface area contributed by atoms with Crippen molar-refractivity contribution in [3.8, 4) is 0 Å². The molecule has 3 aromatic rings. The number of methoxy groups -OCH3 is 1. The van der Waals surface area contributed by atoms with Crippen LogP contribution < -0.4 is 21.9 Å². The molecular weight excluding hydrogens is 488 g/mol. The van der Waals surface area contributed by atoms with Crippen molar-refractivity contribution >= 4 is 34.0 Å². The SMILES string of the molecule is COCCn1c(=O)c2cc(NC(=O)Nc3cccc(C(C)=NO)c3)ccc2n(CCN2CCCCC2)c1=O. The Morgan fingerprint density at radius 2 is 1.71 bits per heavy atom. The highest BCUT2D eigenvalue weighted by Crippen LogP contribution is 2.18. The fraction of sp³-hybridized carbons (Fsp3) is 0.407. The lowest BCUT2D eigenvalue weighted by Crippen LogP contribution is -2.43. The fourth-order valence-corrected chi connectivity index (χ4v) is 4.69. The average molecular weight is 523 g/mol. The molecule has 1 aliphatic heterocycles. The van der Waals surface area contributed by atoms with Crippen molar-refractivity contribution in [3.05, 3.63) is 68.9 Å². The largest absolute Gasteiger partial charge is 0.411 e. The van der Waals surface area contributed by atoms with Gasteiger partial charge in [-0.15, -0.1) is 0 Å². The molecule has 0 bridgehead atoms. The van der Waals surface area contributed by atoms with Crippen LogP contribution in [0.5, 0.6) is 0 Å². The van der Waals surface area contributed by atoms with Crippen LogP contribution in [0, 0.1) is 0 Å². The molecule has 0 radical (unpaired) electrons. The van der Waals surface area contributed by atoms with Gasteiger partial charge in [-0.3, -0.25) is 13.9 Å². The first kappa shape index (κ1) is 27.1. The first-order chi connectivity index (χ1) is 18.4. The van der Waals surface area contributed by atoms with Gasteiger partial charge in [0.25, 0.3) is 5.56 Å². The maximum absolute atomic E-state index is 13.3. The van der Waals surface area contributed by atoms with Crippen molar-refractivity contribution in [1.82, 2.24) is 14.0 Å². The number of likely N-dealkylation sites (tertiary alicyclic amines) is 1. The molecule has 11 heteroatoms. The number of nitrogens with zero attached hydrogens (tertiary/aromatic N) is 4. The summed E-state index contributed by atoms with van der Waals surface area (Å²) in [6, 6.07) is 11.4. The molecule has 2 aromatic carbocycles. The summed E-state index contributed by atoms with van der Waals surface area (Å²) < 4.78 is 7.96. The van der Waals surface area contributed by atoms with E-state index in [2.05, 4.69) is 20.7 Å². The van der Waals surface area contributed by atoms with Crippen LogP contribution in [-0.4, -0.2) is 64.3 Å². The molecule has 1 fully saturated rings. The lowest BCUT2D eigenvalue weighted by molar-refractivity contribution is 0.183. The Balaban J connectivity index is 1.61. The third-order valence-electron chi connectivity index (χ3n) is 6.78. The van der Waals surface area contributed by atoms with Crippen molar-refractivity contribution < 1.29 is 14.7 Å². The second kappa shape index (κ2) is 12.5. The molecule has 1 aromatic heterocycles. The van der Waals surface area contributed by atoms with Crippen LogP contribution in [0.3, 0.4) is 0 Å². The number of ether oxygens (including phenoxy) is 1. The maximum atomic E-state index is 13.3. The molecule has 1 saturated heterocycles. The van der Waals surface area contributed by atoms with Crippen LogP contribution >= 0.6 is 0 Å². The summed E-state index contributed by atoms with van der Waals surface area (Å²) in [5.41, 5.74) is 1.74. The van der Waals surface area contributed by atoms with E-state index in [1.807, 2.05) is 0 Å². The lowest BCUT2D eigenvalue weighted by Gasteiger charge is -2.27. The Morgan fingerprint density at radius 1 is 0.974 bits per heavy atom. The molecule has 11 nitrogen and oxygen atoms in total. The Hall–Kier alpha value is -3.96. The number of fused-ring (bicyclic) bond motifs is 1. The number of oxime groups is 1. The van der Waals surface area contributed by atoms with E-state index < -0.39 is 11.6 Å². The number of piperidine rings is 1. The van der Waals surface area contributed by atoms with Crippen LogP contribution in [-0.2, 0) is 17.8 Å². The second-order valence-electron chi connectivity index (χ2n) is 9.36. The summed E-state index contributed by atoms with van der Waals surface area (Å²) in [4.78, 5) is 41.6. The zero-order chi connectivity index (χ0) is 27.1. The number of amides is 2. The van der Waals surface area contributed by atoms with Gasteiger partial charge in [-0.1, -0.05) is 23.7 Å². The number of nitrogens with one attached hydrogen (secondary N) is 2. The normalized spacial score (nSPS) is 14.5. The molecule has 3 N–H and O–H groups in total. The zero-order valence-corrected chi connectivity index (χ0v) is 21.8. The van der Waals surface area contributed by atoms with Crippen molar-refractivity contribution in [2.75, 3.05) is 44.0 Å². The van der Waals surface area contributed by atoms with E-state index in [1.165, 1.54) is 18.1 Å². The highest BCUT2D eigenvalue weighted by Gasteiger charge is 2.16. The van der Waals surface area contributed by atoms with E-state index in [4.69, 9.17) is 9.94 Å². The molecule has 0 unspecified atom stereocenters. The van der Waals surface area contributed by atoms with Gasteiger partial charge in [-0.05, 0) is 63.2 Å².